The molecule has 0 unspecified atom stereocenters. The summed E-state index contributed by atoms with van der Waals surface area (Å²) in [6.45, 7) is 10.4. The number of benzene rings is 3. The molecular formula is C30H29Cl2FeN3. The number of hydrogen-bond acceptors (Lipinski definition) is 3. The molecule has 0 saturated carbocycles. The van der Waals surface area contributed by atoms with E-state index in [1.54, 1.807) is 0 Å². The average molecular weight is 558 g/mol. The third-order valence-corrected chi connectivity index (χ3v) is 5.63. The number of hydrogen-bond donors (Lipinski definition) is 0. The van der Waals surface area contributed by atoms with Crippen molar-refractivity contribution in [1.82, 2.24) is 4.98 Å². The molecule has 4 aromatic rings. The van der Waals surface area contributed by atoms with Crippen LogP contribution < -0.4 is 0 Å². The van der Waals surface area contributed by atoms with Gasteiger partial charge in [0.2, 0.25) is 0 Å². The number of aliphatic imine (C=N–C) groups is 2. The van der Waals surface area contributed by atoms with Crippen LogP contribution in [0.5, 0.6) is 0 Å². The Morgan fingerprint density at radius 3 is 1.75 bits per heavy atom. The van der Waals surface area contributed by atoms with Crippen LogP contribution in [-0.2, 0) is 13.1 Å². The van der Waals surface area contributed by atoms with Crippen molar-refractivity contribution in [2.24, 2.45) is 9.98 Å². The first-order valence-electron chi connectivity index (χ1n) is 11.5. The normalized spacial score (nSPS) is 11.8. The van der Waals surface area contributed by atoms with Gasteiger partial charge in [0.15, 0.2) is 0 Å². The molecule has 0 fully saturated rings. The molecule has 0 atom stereocenters. The Morgan fingerprint density at radius 2 is 1.19 bits per heavy atom. The second-order valence-corrected chi connectivity index (χ2v) is 10.4. The van der Waals surface area contributed by atoms with E-state index in [1.165, 1.54) is 11.1 Å². The van der Waals surface area contributed by atoms with Gasteiger partial charge in [-0.05, 0) is 70.0 Å². The predicted octanol–water partition coefficient (Wildman–Crippen LogP) is 9.00. The van der Waals surface area contributed by atoms with Gasteiger partial charge in [-0.1, -0.05) is 71.8 Å². The van der Waals surface area contributed by atoms with Crippen molar-refractivity contribution < 1.29 is 13.1 Å². The topological polar surface area (TPSA) is 37.6 Å². The Labute approximate surface area is 229 Å². The number of halogens is 2. The number of aromatic nitrogens is 1. The Morgan fingerprint density at radius 1 is 0.667 bits per heavy atom. The molecule has 4 rings (SSSR count). The van der Waals surface area contributed by atoms with Crippen LogP contribution in [0.3, 0.4) is 0 Å². The van der Waals surface area contributed by atoms with Gasteiger partial charge < -0.3 is 0 Å². The number of pyridine rings is 1. The molecule has 186 valence electrons. The van der Waals surface area contributed by atoms with Gasteiger partial charge >= 0.3 is 33.3 Å². The molecule has 3 nitrogen and oxygen atoms in total. The van der Waals surface area contributed by atoms with Crippen LogP contribution in [-0.4, -0.2) is 16.4 Å². The van der Waals surface area contributed by atoms with E-state index in [0.29, 0.717) is 0 Å². The first-order chi connectivity index (χ1) is 17.3. The van der Waals surface area contributed by atoms with Gasteiger partial charge in [0.1, 0.15) is 0 Å². The molecule has 0 radical (unpaired) electrons. The van der Waals surface area contributed by atoms with E-state index in [1.807, 2.05) is 43.3 Å². The minimum absolute atomic E-state index is 0.194. The second kappa shape index (κ2) is 13.5. The van der Waals surface area contributed by atoms with Gasteiger partial charge in [-0.15, -0.1) is 0 Å². The molecule has 0 aliphatic heterocycles. The van der Waals surface area contributed by atoms with Crippen LogP contribution in [0, 0.1) is 27.7 Å². The van der Waals surface area contributed by atoms with Gasteiger partial charge in [0.05, 0.1) is 34.2 Å². The maximum absolute atomic E-state index is 5.06. The van der Waals surface area contributed by atoms with Crippen LogP contribution in [0.2, 0.25) is 0 Å². The Hall–Kier alpha value is -2.75. The summed E-state index contributed by atoms with van der Waals surface area (Å²) in [5, 5.41) is 0. The molecule has 0 aliphatic rings. The Balaban J connectivity index is 0.00000115. The molecule has 3 aromatic carbocycles. The summed E-state index contributed by atoms with van der Waals surface area (Å²) in [5.41, 5.74) is 11.1. The molecule has 0 spiro atoms. The van der Waals surface area contributed by atoms with E-state index >= 15 is 0 Å². The Bertz CT molecular complexity index is 1380. The average Bonchev–Trinajstić information content (AvgIpc) is 2.86. The summed E-state index contributed by atoms with van der Waals surface area (Å²) in [4.78, 5) is 14.9. The van der Waals surface area contributed by atoms with E-state index in [4.69, 9.17) is 35.2 Å². The molecule has 0 N–H and O–H groups in total. The van der Waals surface area contributed by atoms with Crippen LogP contribution in [0.4, 0.5) is 11.4 Å². The molecule has 1 heterocycles. The van der Waals surface area contributed by atoms with Crippen molar-refractivity contribution in [1.29, 1.82) is 0 Å². The fourth-order valence-electron chi connectivity index (χ4n) is 3.85. The van der Waals surface area contributed by atoms with Crippen LogP contribution in [0.1, 0.15) is 46.1 Å². The number of aryl methyl sites for hydroxylation is 4. The molecule has 0 saturated heterocycles. The minimum atomic E-state index is 0.194. The second-order valence-electron chi connectivity index (χ2n) is 8.56. The molecule has 1 aromatic heterocycles. The number of nitrogens with zero attached hydrogens (tertiary/aromatic N) is 3. The van der Waals surface area contributed by atoms with E-state index in [2.05, 4.69) is 76.2 Å². The molecule has 0 amide bonds. The Kier molecular flexibility index (Phi) is 10.5. The quantitative estimate of drug-likeness (QED) is 0.178. The maximum atomic E-state index is 5.06. The van der Waals surface area contributed by atoms with Crippen LogP contribution in [0.15, 0.2) is 94.9 Å². The third-order valence-electron chi connectivity index (χ3n) is 5.63. The summed E-state index contributed by atoms with van der Waals surface area (Å²) >= 11 is 0.194. The van der Waals surface area contributed by atoms with Gasteiger partial charge in [-0.25, -0.2) is 9.98 Å². The van der Waals surface area contributed by atoms with Crippen molar-refractivity contribution in [2.75, 3.05) is 0 Å². The summed E-state index contributed by atoms with van der Waals surface area (Å²) < 4.78 is 0. The first kappa shape index (κ1) is 27.8. The molecule has 0 aliphatic carbocycles. The van der Waals surface area contributed by atoms with E-state index < -0.39 is 0 Å². The fraction of sp³-hybridized carbons (Fsp3) is 0.167. The van der Waals surface area contributed by atoms with E-state index in [9.17, 15) is 0 Å². The number of rotatable bonds is 5. The summed E-state index contributed by atoms with van der Waals surface area (Å²) in [6.07, 6.45) is 0. The molecule has 6 heteroatoms. The zero-order valence-corrected chi connectivity index (χ0v) is 23.7. The van der Waals surface area contributed by atoms with Crippen LogP contribution in [0.25, 0.3) is 0 Å². The van der Waals surface area contributed by atoms with E-state index in [0.717, 1.165) is 50.9 Å². The van der Waals surface area contributed by atoms with Crippen molar-refractivity contribution in [2.45, 2.75) is 34.6 Å². The summed E-state index contributed by atoms with van der Waals surface area (Å²) in [7, 11) is 9.53. The molecule has 0 bridgehead atoms. The molecular weight excluding hydrogens is 529 g/mol. The van der Waals surface area contributed by atoms with E-state index in [-0.39, 0.29) is 13.1 Å². The SMILES string of the molecule is CC(=Nc1ccc(C)cc1C)c1cccc(C(=Nc2ccc(C)cc2C)c2ccccc2)n1.[Cl][Fe][Cl]. The standard InChI is InChI=1S/C30H29N3.2ClH.Fe/c1-20-14-16-26(22(3)18-20)31-24(5)28-12-9-13-29(32-28)30(25-10-7-6-8-11-25)33-27-17-15-21(2)19-23(27)4;;;/h6-19H,1-5H3;2*1H;/q;;;+2/p-2. The van der Waals surface area contributed by atoms with Crippen molar-refractivity contribution >= 4 is 43.0 Å². The summed E-state index contributed by atoms with van der Waals surface area (Å²) in [6, 6.07) is 28.9. The van der Waals surface area contributed by atoms with Gasteiger partial charge in [0, 0.05) is 5.56 Å². The van der Waals surface area contributed by atoms with Crippen molar-refractivity contribution in [3.05, 3.63) is 124 Å². The fourth-order valence-corrected chi connectivity index (χ4v) is 3.85. The molecule has 36 heavy (non-hydrogen) atoms. The monoisotopic (exact) mass is 557 g/mol. The third kappa shape index (κ3) is 7.62. The van der Waals surface area contributed by atoms with Gasteiger partial charge in [0.25, 0.3) is 0 Å². The summed E-state index contributed by atoms with van der Waals surface area (Å²) in [5.74, 6) is 0. The zero-order chi connectivity index (χ0) is 26.1. The van der Waals surface area contributed by atoms with Crippen molar-refractivity contribution in [3.63, 3.8) is 0 Å². The first-order valence-corrected chi connectivity index (χ1v) is 14.5. The van der Waals surface area contributed by atoms with Gasteiger partial charge in [-0.3, -0.25) is 4.99 Å². The predicted molar refractivity (Wildman–Crippen MR) is 151 cm³/mol. The van der Waals surface area contributed by atoms with Crippen molar-refractivity contribution in [3.8, 4) is 0 Å². The zero-order valence-electron chi connectivity index (χ0n) is 21.0. The van der Waals surface area contributed by atoms with Crippen LogP contribution >= 0.6 is 20.2 Å². The van der Waals surface area contributed by atoms with Gasteiger partial charge in [-0.2, -0.15) is 0 Å².